The van der Waals surface area contributed by atoms with E-state index in [9.17, 15) is 4.79 Å². The van der Waals surface area contributed by atoms with Gasteiger partial charge in [-0.2, -0.15) is 11.8 Å². The SMILES string of the molecule is CCC(CC)NC(=O)C(C)NC1CCSCC1. The number of rotatable bonds is 6. The summed E-state index contributed by atoms with van der Waals surface area (Å²) in [6.45, 7) is 6.20. The van der Waals surface area contributed by atoms with Gasteiger partial charge in [0.25, 0.3) is 0 Å². The molecule has 1 fully saturated rings. The van der Waals surface area contributed by atoms with Crippen LogP contribution in [0.4, 0.5) is 0 Å². The van der Waals surface area contributed by atoms with Gasteiger partial charge in [0.15, 0.2) is 0 Å². The van der Waals surface area contributed by atoms with Crippen molar-refractivity contribution < 1.29 is 4.79 Å². The number of carbonyl (C=O) groups excluding carboxylic acids is 1. The van der Waals surface area contributed by atoms with Gasteiger partial charge in [-0.3, -0.25) is 4.79 Å². The Morgan fingerprint density at radius 1 is 1.29 bits per heavy atom. The van der Waals surface area contributed by atoms with E-state index >= 15 is 0 Å². The summed E-state index contributed by atoms with van der Waals surface area (Å²) in [5.41, 5.74) is 0. The van der Waals surface area contributed by atoms with Crippen LogP contribution in [0.3, 0.4) is 0 Å². The molecule has 0 spiro atoms. The fourth-order valence-corrected chi connectivity index (χ4v) is 3.22. The predicted octanol–water partition coefficient (Wildman–Crippen LogP) is 2.16. The number of amides is 1. The molecular formula is C13H26N2OS. The molecule has 0 aromatic rings. The van der Waals surface area contributed by atoms with E-state index in [-0.39, 0.29) is 11.9 Å². The summed E-state index contributed by atoms with van der Waals surface area (Å²) in [5.74, 6) is 2.59. The van der Waals surface area contributed by atoms with Crippen molar-refractivity contribution in [1.82, 2.24) is 10.6 Å². The summed E-state index contributed by atoms with van der Waals surface area (Å²) in [4.78, 5) is 12.0. The van der Waals surface area contributed by atoms with Gasteiger partial charge in [0.1, 0.15) is 0 Å². The molecule has 1 atom stereocenters. The van der Waals surface area contributed by atoms with E-state index in [1.54, 1.807) is 0 Å². The standard InChI is InChI=1S/C13H26N2OS/c1-4-11(5-2)15-13(16)10(3)14-12-6-8-17-9-7-12/h10-12,14H,4-9H2,1-3H3,(H,15,16). The first kappa shape index (κ1) is 14.8. The van der Waals surface area contributed by atoms with E-state index in [1.807, 2.05) is 18.7 Å². The molecule has 4 heteroatoms. The van der Waals surface area contributed by atoms with Crippen LogP contribution in [0.5, 0.6) is 0 Å². The van der Waals surface area contributed by atoms with Gasteiger partial charge >= 0.3 is 0 Å². The van der Waals surface area contributed by atoms with Crippen LogP contribution in [0.2, 0.25) is 0 Å². The summed E-state index contributed by atoms with van der Waals surface area (Å²) >= 11 is 2.01. The highest BCUT2D eigenvalue weighted by Gasteiger charge is 2.20. The topological polar surface area (TPSA) is 41.1 Å². The molecule has 0 radical (unpaired) electrons. The smallest absolute Gasteiger partial charge is 0.237 e. The van der Waals surface area contributed by atoms with Crippen molar-refractivity contribution in [3.63, 3.8) is 0 Å². The summed E-state index contributed by atoms with van der Waals surface area (Å²) in [6, 6.07) is 0.788. The molecule has 1 heterocycles. The van der Waals surface area contributed by atoms with Crippen molar-refractivity contribution in [2.24, 2.45) is 0 Å². The van der Waals surface area contributed by atoms with E-state index in [1.165, 1.54) is 24.3 Å². The monoisotopic (exact) mass is 258 g/mol. The molecule has 3 nitrogen and oxygen atoms in total. The fourth-order valence-electron chi connectivity index (χ4n) is 2.11. The van der Waals surface area contributed by atoms with Gasteiger partial charge in [0.2, 0.25) is 5.91 Å². The highest BCUT2D eigenvalue weighted by atomic mass is 32.2. The zero-order valence-electron chi connectivity index (χ0n) is 11.3. The number of nitrogens with one attached hydrogen (secondary N) is 2. The van der Waals surface area contributed by atoms with Crippen LogP contribution in [0.15, 0.2) is 0 Å². The Balaban J connectivity index is 2.30. The van der Waals surface area contributed by atoms with Gasteiger partial charge < -0.3 is 10.6 Å². The Morgan fingerprint density at radius 2 is 1.88 bits per heavy atom. The lowest BCUT2D eigenvalue weighted by molar-refractivity contribution is -0.123. The van der Waals surface area contributed by atoms with Gasteiger partial charge in [-0.25, -0.2) is 0 Å². The molecule has 1 aliphatic heterocycles. The van der Waals surface area contributed by atoms with E-state index in [0.29, 0.717) is 12.1 Å². The average Bonchev–Trinajstić information content (AvgIpc) is 2.36. The molecule has 1 aliphatic rings. The summed E-state index contributed by atoms with van der Waals surface area (Å²) < 4.78 is 0. The molecule has 100 valence electrons. The van der Waals surface area contributed by atoms with Gasteiger partial charge in [-0.15, -0.1) is 0 Å². The van der Waals surface area contributed by atoms with E-state index < -0.39 is 0 Å². The lowest BCUT2D eigenvalue weighted by Gasteiger charge is -2.27. The van der Waals surface area contributed by atoms with Gasteiger partial charge in [-0.05, 0) is 44.1 Å². The number of hydrogen-bond donors (Lipinski definition) is 2. The second kappa shape index (κ2) is 7.98. The minimum Gasteiger partial charge on any atom is -0.352 e. The molecule has 1 saturated heterocycles. The Kier molecular flexibility index (Phi) is 6.97. The molecule has 1 unspecified atom stereocenters. The van der Waals surface area contributed by atoms with Gasteiger partial charge in [0.05, 0.1) is 6.04 Å². The second-order valence-corrected chi connectivity index (χ2v) is 6.02. The van der Waals surface area contributed by atoms with Crippen LogP contribution in [0.1, 0.15) is 46.5 Å². The average molecular weight is 258 g/mol. The molecule has 0 saturated carbocycles. The third kappa shape index (κ3) is 5.30. The number of hydrogen-bond acceptors (Lipinski definition) is 3. The first-order valence-corrected chi connectivity index (χ1v) is 7.97. The van der Waals surface area contributed by atoms with Crippen molar-refractivity contribution in [3.05, 3.63) is 0 Å². The van der Waals surface area contributed by atoms with Crippen LogP contribution >= 0.6 is 11.8 Å². The van der Waals surface area contributed by atoms with Crippen molar-refractivity contribution in [3.8, 4) is 0 Å². The summed E-state index contributed by atoms with van der Waals surface area (Å²) in [5, 5.41) is 6.55. The van der Waals surface area contributed by atoms with Crippen molar-refractivity contribution in [1.29, 1.82) is 0 Å². The highest BCUT2D eigenvalue weighted by molar-refractivity contribution is 7.99. The van der Waals surface area contributed by atoms with Crippen LogP contribution < -0.4 is 10.6 Å². The third-order valence-corrected chi connectivity index (χ3v) is 4.48. The molecule has 0 aliphatic carbocycles. The van der Waals surface area contributed by atoms with Crippen LogP contribution in [0.25, 0.3) is 0 Å². The minimum atomic E-state index is -0.0660. The molecule has 1 amide bonds. The van der Waals surface area contributed by atoms with Crippen LogP contribution in [-0.4, -0.2) is 35.5 Å². The molecule has 0 aromatic carbocycles. The third-order valence-electron chi connectivity index (χ3n) is 3.43. The van der Waals surface area contributed by atoms with Crippen molar-refractivity contribution in [2.75, 3.05) is 11.5 Å². The van der Waals surface area contributed by atoms with Crippen molar-refractivity contribution in [2.45, 2.75) is 64.6 Å². The lowest BCUT2D eigenvalue weighted by atomic mass is 10.1. The van der Waals surface area contributed by atoms with Gasteiger partial charge in [-0.1, -0.05) is 13.8 Å². The maximum Gasteiger partial charge on any atom is 0.237 e. The first-order chi connectivity index (χ1) is 8.17. The van der Waals surface area contributed by atoms with Gasteiger partial charge in [0, 0.05) is 12.1 Å². The Labute approximate surface area is 109 Å². The molecular weight excluding hydrogens is 232 g/mol. The normalized spacial score (nSPS) is 19.3. The van der Waals surface area contributed by atoms with E-state index in [4.69, 9.17) is 0 Å². The van der Waals surface area contributed by atoms with E-state index in [0.717, 1.165) is 12.8 Å². The predicted molar refractivity (Wildman–Crippen MR) is 75.5 cm³/mol. The Hall–Kier alpha value is -0.220. The number of thioether (sulfide) groups is 1. The highest BCUT2D eigenvalue weighted by Crippen LogP contribution is 2.17. The Morgan fingerprint density at radius 3 is 2.41 bits per heavy atom. The quantitative estimate of drug-likeness (QED) is 0.767. The fraction of sp³-hybridized carbons (Fsp3) is 0.923. The molecule has 2 N–H and O–H groups in total. The second-order valence-electron chi connectivity index (χ2n) is 4.80. The molecule has 1 rings (SSSR count). The maximum atomic E-state index is 12.0. The molecule has 17 heavy (non-hydrogen) atoms. The van der Waals surface area contributed by atoms with Crippen LogP contribution in [-0.2, 0) is 4.79 Å². The lowest BCUT2D eigenvalue weighted by Crippen LogP contribution is -2.49. The van der Waals surface area contributed by atoms with Crippen LogP contribution in [0, 0.1) is 0 Å². The summed E-state index contributed by atoms with van der Waals surface area (Å²) in [7, 11) is 0. The molecule has 0 aromatic heterocycles. The number of carbonyl (C=O) groups is 1. The largest absolute Gasteiger partial charge is 0.352 e. The van der Waals surface area contributed by atoms with Crippen molar-refractivity contribution >= 4 is 17.7 Å². The summed E-state index contributed by atoms with van der Waals surface area (Å²) in [6.07, 6.45) is 4.39. The first-order valence-electron chi connectivity index (χ1n) is 6.81. The zero-order valence-corrected chi connectivity index (χ0v) is 12.1. The zero-order chi connectivity index (χ0) is 12.7. The maximum absolute atomic E-state index is 12.0. The Bertz CT molecular complexity index is 225. The minimum absolute atomic E-state index is 0.0660. The van der Waals surface area contributed by atoms with E-state index in [2.05, 4.69) is 24.5 Å². The molecule has 0 bridgehead atoms.